The summed E-state index contributed by atoms with van der Waals surface area (Å²) < 4.78 is 5.68. The van der Waals surface area contributed by atoms with E-state index in [1.807, 2.05) is 18.2 Å². The average Bonchev–Trinajstić information content (AvgIpc) is 2.47. The predicted octanol–water partition coefficient (Wildman–Crippen LogP) is 2.16. The first-order valence-corrected chi connectivity index (χ1v) is 7.65. The van der Waals surface area contributed by atoms with Gasteiger partial charge in [0.2, 0.25) is 5.91 Å². The molecule has 0 aromatic heterocycles. The van der Waals surface area contributed by atoms with Gasteiger partial charge < -0.3 is 20.7 Å². The zero-order valence-electron chi connectivity index (χ0n) is 12.9. The van der Waals surface area contributed by atoms with Crippen molar-refractivity contribution in [3.8, 4) is 5.75 Å². The zero-order valence-corrected chi connectivity index (χ0v) is 12.9. The van der Waals surface area contributed by atoms with E-state index in [-0.39, 0.29) is 11.9 Å². The minimum Gasteiger partial charge on any atom is -0.491 e. The number of hydrogen-bond acceptors (Lipinski definition) is 4. The normalized spacial score (nSPS) is 15.8. The van der Waals surface area contributed by atoms with Gasteiger partial charge in [-0.3, -0.25) is 4.79 Å². The van der Waals surface area contributed by atoms with Gasteiger partial charge in [0, 0.05) is 26.1 Å². The van der Waals surface area contributed by atoms with Gasteiger partial charge in [-0.05, 0) is 31.4 Å². The Morgan fingerprint density at radius 3 is 2.76 bits per heavy atom. The van der Waals surface area contributed by atoms with Crippen LogP contribution < -0.4 is 20.7 Å². The molecule has 0 unspecified atom stereocenters. The third-order valence-electron chi connectivity index (χ3n) is 3.75. The number of carbonyl (C=O) groups excluding carboxylic acids is 1. The molecule has 21 heavy (non-hydrogen) atoms. The average molecular weight is 291 g/mol. The van der Waals surface area contributed by atoms with Crippen LogP contribution in [-0.2, 0) is 4.79 Å². The molecule has 0 atom stereocenters. The summed E-state index contributed by atoms with van der Waals surface area (Å²) in [6.45, 7) is 6.11. The van der Waals surface area contributed by atoms with Crippen LogP contribution in [0.3, 0.4) is 0 Å². The maximum Gasteiger partial charge on any atom is 0.217 e. The summed E-state index contributed by atoms with van der Waals surface area (Å²) in [6.07, 6.45) is 2.85. The molecule has 5 nitrogen and oxygen atoms in total. The second-order valence-corrected chi connectivity index (χ2v) is 5.50. The molecule has 0 saturated carbocycles. The fourth-order valence-electron chi connectivity index (χ4n) is 2.70. The lowest BCUT2D eigenvalue weighted by molar-refractivity contribution is -0.119. The standard InChI is InChI=1S/C16H25N3O2/c1-3-11-21-15-6-4-5-14(16(15)17)19-9-7-13(8-10-19)18-12(2)20/h4-6,13H,3,7-11,17H2,1-2H3,(H,18,20). The third-order valence-corrected chi connectivity index (χ3v) is 3.75. The molecule has 1 amide bonds. The second-order valence-electron chi connectivity index (χ2n) is 5.50. The molecule has 116 valence electrons. The van der Waals surface area contributed by atoms with Gasteiger partial charge in [-0.15, -0.1) is 0 Å². The van der Waals surface area contributed by atoms with E-state index in [0.29, 0.717) is 12.3 Å². The van der Waals surface area contributed by atoms with E-state index in [4.69, 9.17) is 10.5 Å². The zero-order chi connectivity index (χ0) is 15.2. The maximum atomic E-state index is 11.1. The molecule has 5 heteroatoms. The van der Waals surface area contributed by atoms with Crippen molar-refractivity contribution in [3.05, 3.63) is 18.2 Å². The molecule has 1 fully saturated rings. The lowest BCUT2D eigenvalue weighted by Gasteiger charge is -2.34. The molecule has 2 rings (SSSR count). The topological polar surface area (TPSA) is 67.6 Å². The number of piperidine rings is 1. The van der Waals surface area contributed by atoms with Gasteiger partial charge in [-0.25, -0.2) is 0 Å². The Balaban J connectivity index is 2.01. The molecular weight excluding hydrogens is 266 g/mol. The Morgan fingerprint density at radius 2 is 2.14 bits per heavy atom. The number of nitrogens with zero attached hydrogens (tertiary/aromatic N) is 1. The molecular formula is C16H25N3O2. The van der Waals surface area contributed by atoms with E-state index in [1.165, 1.54) is 0 Å². The molecule has 1 aromatic carbocycles. The van der Waals surface area contributed by atoms with Crippen LogP contribution >= 0.6 is 0 Å². The molecule has 0 spiro atoms. The first kappa shape index (κ1) is 15.5. The summed E-state index contributed by atoms with van der Waals surface area (Å²) >= 11 is 0. The highest BCUT2D eigenvalue weighted by Gasteiger charge is 2.21. The Kier molecular flexibility index (Phi) is 5.31. The highest BCUT2D eigenvalue weighted by molar-refractivity contribution is 5.75. The highest BCUT2D eigenvalue weighted by atomic mass is 16.5. The monoisotopic (exact) mass is 291 g/mol. The number of rotatable bonds is 5. The van der Waals surface area contributed by atoms with Crippen LogP contribution in [0.5, 0.6) is 5.75 Å². The summed E-state index contributed by atoms with van der Waals surface area (Å²) in [7, 11) is 0. The quantitative estimate of drug-likeness (QED) is 0.816. The van der Waals surface area contributed by atoms with Crippen molar-refractivity contribution in [1.29, 1.82) is 0 Å². The molecule has 3 N–H and O–H groups in total. The van der Waals surface area contributed by atoms with Crippen LogP contribution in [0, 0.1) is 0 Å². The molecule has 1 heterocycles. The third kappa shape index (κ3) is 4.03. The molecule has 0 bridgehead atoms. The summed E-state index contributed by atoms with van der Waals surface area (Å²) in [4.78, 5) is 13.4. The number of ether oxygens (including phenoxy) is 1. The number of anilines is 2. The van der Waals surface area contributed by atoms with Gasteiger partial charge in [0.15, 0.2) is 0 Å². The number of amides is 1. The minimum absolute atomic E-state index is 0.0444. The summed E-state index contributed by atoms with van der Waals surface area (Å²) in [5, 5.41) is 2.99. The van der Waals surface area contributed by atoms with Crippen LogP contribution in [-0.4, -0.2) is 31.6 Å². The number of benzene rings is 1. The van der Waals surface area contributed by atoms with E-state index < -0.39 is 0 Å². The number of carbonyl (C=O) groups is 1. The van der Waals surface area contributed by atoms with Crippen LogP contribution in [0.1, 0.15) is 33.1 Å². The van der Waals surface area contributed by atoms with Gasteiger partial charge >= 0.3 is 0 Å². The first-order valence-electron chi connectivity index (χ1n) is 7.65. The predicted molar refractivity (Wildman–Crippen MR) is 85.7 cm³/mol. The van der Waals surface area contributed by atoms with Crippen molar-refractivity contribution < 1.29 is 9.53 Å². The number of hydrogen-bond donors (Lipinski definition) is 2. The fourth-order valence-corrected chi connectivity index (χ4v) is 2.70. The van der Waals surface area contributed by atoms with Crippen molar-refractivity contribution in [2.45, 2.75) is 39.2 Å². The fraction of sp³-hybridized carbons (Fsp3) is 0.562. The van der Waals surface area contributed by atoms with Crippen LogP contribution in [0.15, 0.2) is 18.2 Å². The van der Waals surface area contributed by atoms with E-state index in [0.717, 1.165) is 43.8 Å². The molecule has 1 aliphatic heterocycles. The SMILES string of the molecule is CCCOc1cccc(N2CCC(NC(C)=O)CC2)c1N. The van der Waals surface area contributed by atoms with E-state index in [1.54, 1.807) is 6.92 Å². The van der Waals surface area contributed by atoms with Gasteiger partial charge in [-0.2, -0.15) is 0 Å². The number of nitrogen functional groups attached to an aromatic ring is 1. The minimum atomic E-state index is 0.0444. The Labute approximate surface area is 126 Å². The number of para-hydroxylation sites is 1. The van der Waals surface area contributed by atoms with Crippen molar-refractivity contribution in [1.82, 2.24) is 5.32 Å². The highest BCUT2D eigenvalue weighted by Crippen LogP contribution is 2.33. The Bertz CT molecular complexity index is 482. The smallest absolute Gasteiger partial charge is 0.217 e. The molecule has 1 aromatic rings. The lowest BCUT2D eigenvalue weighted by atomic mass is 10.0. The molecule has 1 saturated heterocycles. The summed E-state index contributed by atoms with van der Waals surface area (Å²) in [6, 6.07) is 6.21. The largest absolute Gasteiger partial charge is 0.491 e. The van der Waals surface area contributed by atoms with E-state index in [9.17, 15) is 4.79 Å². The Hall–Kier alpha value is -1.91. The molecule has 1 aliphatic rings. The number of nitrogens with two attached hydrogens (primary N) is 1. The maximum absolute atomic E-state index is 11.1. The van der Waals surface area contributed by atoms with Crippen molar-refractivity contribution >= 4 is 17.3 Å². The molecule has 0 aliphatic carbocycles. The van der Waals surface area contributed by atoms with Gasteiger partial charge in [0.25, 0.3) is 0 Å². The van der Waals surface area contributed by atoms with Crippen LogP contribution in [0.25, 0.3) is 0 Å². The summed E-state index contributed by atoms with van der Waals surface area (Å²) in [5.41, 5.74) is 7.98. The van der Waals surface area contributed by atoms with Crippen molar-refractivity contribution in [2.24, 2.45) is 0 Å². The molecule has 0 radical (unpaired) electrons. The van der Waals surface area contributed by atoms with Crippen molar-refractivity contribution in [2.75, 3.05) is 30.3 Å². The first-order chi connectivity index (χ1) is 10.1. The number of nitrogens with one attached hydrogen (secondary N) is 1. The summed E-state index contributed by atoms with van der Waals surface area (Å²) in [5.74, 6) is 0.807. The van der Waals surface area contributed by atoms with E-state index in [2.05, 4.69) is 17.1 Å². The van der Waals surface area contributed by atoms with E-state index >= 15 is 0 Å². The van der Waals surface area contributed by atoms with Gasteiger partial charge in [-0.1, -0.05) is 13.0 Å². The van der Waals surface area contributed by atoms with Gasteiger partial charge in [0.05, 0.1) is 18.0 Å². The van der Waals surface area contributed by atoms with Crippen LogP contribution in [0.2, 0.25) is 0 Å². The van der Waals surface area contributed by atoms with Gasteiger partial charge in [0.1, 0.15) is 5.75 Å². The Morgan fingerprint density at radius 1 is 1.43 bits per heavy atom. The second kappa shape index (κ2) is 7.20. The van der Waals surface area contributed by atoms with Crippen molar-refractivity contribution in [3.63, 3.8) is 0 Å². The lowest BCUT2D eigenvalue weighted by Crippen LogP contribution is -2.44. The van der Waals surface area contributed by atoms with Crippen LogP contribution in [0.4, 0.5) is 11.4 Å².